The lowest BCUT2D eigenvalue weighted by molar-refractivity contribution is -0.910. The first-order valence-electron chi connectivity index (χ1n) is 13.3. The lowest BCUT2D eigenvalue weighted by Gasteiger charge is -2.41. The Bertz CT molecular complexity index is 997. The van der Waals surface area contributed by atoms with Gasteiger partial charge in [-0.3, -0.25) is 4.79 Å². The fourth-order valence-corrected chi connectivity index (χ4v) is 6.04. The van der Waals surface area contributed by atoms with Crippen LogP contribution in [-0.4, -0.2) is 43.1 Å². The van der Waals surface area contributed by atoms with Crippen molar-refractivity contribution in [2.24, 2.45) is 0 Å². The van der Waals surface area contributed by atoms with Gasteiger partial charge < -0.3 is 38.5 Å². The lowest BCUT2D eigenvalue weighted by Crippen LogP contribution is -3.00. The number of ether oxygens (including phenoxy) is 1. The summed E-state index contributed by atoms with van der Waals surface area (Å²) in [4.78, 5) is 13.6. The van der Waals surface area contributed by atoms with Gasteiger partial charge in [-0.05, 0) is 43.4 Å². The number of nitrogens with one attached hydrogen (secondary N) is 1. The van der Waals surface area contributed by atoms with Crippen LogP contribution in [0, 0.1) is 0 Å². The number of hydrogen-bond acceptors (Lipinski definition) is 2. The maximum atomic E-state index is 13.6. The number of likely N-dealkylation sites (N-methyl/N-ethyl adjacent to an activating group) is 1. The molecule has 2 aliphatic heterocycles. The maximum absolute atomic E-state index is 13.6. The summed E-state index contributed by atoms with van der Waals surface area (Å²) < 4.78 is 7.20. The molecule has 0 aromatic heterocycles. The van der Waals surface area contributed by atoms with Crippen molar-refractivity contribution in [3.8, 4) is 11.5 Å². The number of nitrogens with zero attached hydrogens (tertiary/aromatic N) is 1. The van der Waals surface area contributed by atoms with Gasteiger partial charge in [-0.2, -0.15) is 0 Å². The largest absolute Gasteiger partial charge is 1.00 e. The molecular formula is C30H39IN2O2. The number of carbonyl (C=O) groups excluding carboxylic acids is 1. The highest BCUT2D eigenvalue weighted by molar-refractivity contribution is 5.89. The molecule has 2 aromatic rings. The topological polar surface area (TPSA) is 38.3 Å². The van der Waals surface area contributed by atoms with Crippen LogP contribution in [0.5, 0.6) is 11.5 Å². The Kier molecular flexibility index (Phi) is 8.92. The number of halogens is 1. The van der Waals surface area contributed by atoms with Crippen LogP contribution in [0.1, 0.15) is 74.8 Å². The smallest absolute Gasteiger partial charge is 0.232 e. The van der Waals surface area contributed by atoms with E-state index in [9.17, 15) is 4.79 Å². The van der Waals surface area contributed by atoms with Crippen LogP contribution in [0.15, 0.2) is 60.2 Å². The molecule has 3 aliphatic rings. The van der Waals surface area contributed by atoms with Gasteiger partial charge in [0.15, 0.2) is 0 Å². The highest BCUT2D eigenvalue weighted by Gasteiger charge is 2.36. The molecule has 5 rings (SSSR count). The van der Waals surface area contributed by atoms with Crippen LogP contribution in [0.25, 0.3) is 0 Å². The number of amides is 1. The molecule has 0 bridgehead atoms. The number of allylic oxidation sites excluding steroid dienone is 1. The predicted molar refractivity (Wildman–Crippen MR) is 137 cm³/mol. The number of fused-ring (bicyclic) bond motifs is 2. The Morgan fingerprint density at radius 2 is 1.51 bits per heavy atom. The summed E-state index contributed by atoms with van der Waals surface area (Å²) >= 11 is 0. The number of quaternary nitrogens is 1. The van der Waals surface area contributed by atoms with Crippen molar-refractivity contribution < 1.29 is 38.0 Å². The van der Waals surface area contributed by atoms with E-state index in [-0.39, 0.29) is 41.8 Å². The number of benzene rings is 2. The zero-order valence-electron chi connectivity index (χ0n) is 21.0. The molecule has 2 heterocycles. The van der Waals surface area contributed by atoms with Gasteiger partial charge in [0.1, 0.15) is 18.0 Å². The normalized spacial score (nSPS) is 24.7. The Morgan fingerprint density at radius 1 is 0.914 bits per heavy atom. The number of hydrogen-bond donors (Lipinski definition) is 1. The van der Waals surface area contributed by atoms with Crippen molar-refractivity contribution in [1.29, 1.82) is 0 Å². The molecule has 0 spiro atoms. The summed E-state index contributed by atoms with van der Waals surface area (Å²) in [5.74, 6) is 1.37. The zero-order valence-corrected chi connectivity index (χ0v) is 23.1. The molecule has 1 fully saturated rings. The lowest BCUT2D eigenvalue weighted by atomic mass is 9.86. The summed E-state index contributed by atoms with van der Waals surface area (Å²) in [5.41, 5.74) is 3.59. The predicted octanol–water partition coefficient (Wildman–Crippen LogP) is 3.32. The first-order valence-corrected chi connectivity index (χ1v) is 13.3. The number of piperidine rings is 1. The van der Waals surface area contributed by atoms with Gasteiger partial charge in [0, 0.05) is 30.0 Å². The molecule has 35 heavy (non-hydrogen) atoms. The molecule has 1 amide bonds. The first kappa shape index (κ1) is 26.2. The fourth-order valence-electron chi connectivity index (χ4n) is 6.04. The van der Waals surface area contributed by atoms with Gasteiger partial charge >= 0.3 is 0 Å². The van der Waals surface area contributed by atoms with E-state index in [0.717, 1.165) is 53.0 Å². The number of para-hydroxylation sites is 2. The van der Waals surface area contributed by atoms with Crippen LogP contribution in [0.4, 0.5) is 0 Å². The second-order valence-corrected chi connectivity index (χ2v) is 10.8. The molecule has 2 aromatic carbocycles. The van der Waals surface area contributed by atoms with E-state index in [1.54, 1.807) is 5.57 Å². The summed E-state index contributed by atoms with van der Waals surface area (Å²) in [6.07, 6.45) is 14.0. The molecule has 1 N–H and O–H groups in total. The van der Waals surface area contributed by atoms with Crippen LogP contribution in [0.2, 0.25) is 0 Å². The molecule has 188 valence electrons. The third-order valence-corrected chi connectivity index (χ3v) is 8.04. The number of rotatable bonds is 4. The fraction of sp³-hybridized carbons (Fsp3) is 0.500. The standard InChI is InChI=1S/C30H38N2O2.HI/c1-32(22-23-12-6-4-2-3-5-7-13-23)20-18-24(19-21-32)31-30(33)29-25-14-8-10-16-27(25)34-28-17-11-9-15-26(28)29;/h8-12,14-17,24,29H,2-7,13,18-22H2,1H3;1H. The second-order valence-electron chi connectivity index (χ2n) is 10.8. The molecule has 1 aliphatic carbocycles. The van der Waals surface area contributed by atoms with Gasteiger partial charge in [-0.15, -0.1) is 0 Å². The van der Waals surface area contributed by atoms with Crippen molar-refractivity contribution in [3.63, 3.8) is 0 Å². The molecule has 5 heteroatoms. The third kappa shape index (κ3) is 6.29. The van der Waals surface area contributed by atoms with Crippen LogP contribution >= 0.6 is 0 Å². The molecule has 4 nitrogen and oxygen atoms in total. The van der Waals surface area contributed by atoms with Crippen LogP contribution in [-0.2, 0) is 4.79 Å². The van der Waals surface area contributed by atoms with Crippen LogP contribution < -0.4 is 34.0 Å². The minimum atomic E-state index is -0.312. The van der Waals surface area contributed by atoms with E-state index in [2.05, 4.69) is 18.4 Å². The van der Waals surface area contributed by atoms with Crippen LogP contribution in [0.3, 0.4) is 0 Å². The van der Waals surface area contributed by atoms with Crippen molar-refractivity contribution in [1.82, 2.24) is 5.32 Å². The SMILES string of the molecule is C[N+]1(CC2=CCCCCCCC2)CCC(NC(=O)C2c3ccccc3Oc3ccccc32)CC1.[I-]. The molecule has 0 saturated carbocycles. The quantitative estimate of drug-likeness (QED) is 0.340. The summed E-state index contributed by atoms with van der Waals surface area (Å²) in [6, 6.07) is 16.1. The van der Waals surface area contributed by atoms with Gasteiger partial charge in [0.25, 0.3) is 0 Å². The Labute approximate surface area is 227 Å². The molecule has 0 radical (unpaired) electrons. The van der Waals surface area contributed by atoms with E-state index < -0.39 is 0 Å². The van der Waals surface area contributed by atoms with Crippen molar-refractivity contribution in [2.45, 2.75) is 69.7 Å². The average Bonchev–Trinajstić information content (AvgIpc) is 2.98. The number of carbonyl (C=O) groups is 1. The zero-order chi connectivity index (χ0) is 23.4. The summed E-state index contributed by atoms with van der Waals surface area (Å²) in [7, 11) is 2.41. The average molecular weight is 587 g/mol. The van der Waals surface area contributed by atoms with E-state index in [1.807, 2.05) is 48.5 Å². The first-order chi connectivity index (χ1) is 16.6. The molecular weight excluding hydrogens is 547 g/mol. The Hall–Kier alpha value is -1.86. The Morgan fingerprint density at radius 3 is 2.20 bits per heavy atom. The third-order valence-electron chi connectivity index (χ3n) is 8.04. The van der Waals surface area contributed by atoms with E-state index in [4.69, 9.17) is 4.74 Å². The number of likely N-dealkylation sites (tertiary alicyclic amines) is 1. The highest BCUT2D eigenvalue weighted by atomic mass is 127. The van der Waals surface area contributed by atoms with Gasteiger partial charge in [-0.25, -0.2) is 0 Å². The molecule has 0 unspecified atom stereocenters. The van der Waals surface area contributed by atoms with E-state index in [0.29, 0.717) is 0 Å². The Balaban J connectivity index is 0.00000289. The summed E-state index contributed by atoms with van der Waals surface area (Å²) in [5, 5.41) is 3.42. The molecule has 0 atom stereocenters. The van der Waals surface area contributed by atoms with Crippen molar-refractivity contribution >= 4 is 5.91 Å². The highest BCUT2D eigenvalue weighted by Crippen LogP contribution is 2.44. The minimum absolute atomic E-state index is 0. The van der Waals surface area contributed by atoms with E-state index in [1.165, 1.54) is 51.5 Å². The monoisotopic (exact) mass is 586 g/mol. The van der Waals surface area contributed by atoms with Crippen molar-refractivity contribution in [3.05, 3.63) is 71.3 Å². The van der Waals surface area contributed by atoms with E-state index >= 15 is 0 Å². The summed E-state index contributed by atoms with van der Waals surface area (Å²) in [6.45, 7) is 3.44. The minimum Gasteiger partial charge on any atom is -1.00 e. The van der Waals surface area contributed by atoms with Gasteiger partial charge in [0.05, 0.1) is 26.1 Å². The second kappa shape index (κ2) is 11.9. The molecule has 1 saturated heterocycles. The van der Waals surface area contributed by atoms with Gasteiger partial charge in [-0.1, -0.05) is 61.7 Å². The van der Waals surface area contributed by atoms with Crippen molar-refractivity contribution in [2.75, 3.05) is 26.7 Å². The van der Waals surface area contributed by atoms with Gasteiger partial charge in [0.2, 0.25) is 5.91 Å². The maximum Gasteiger partial charge on any atom is 0.232 e.